The molecule has 22 heavy (non-hydrogen) atoms. The fraction of sp³-hybridized carbons (Fsp3) is 0.400. The van der Waals surface area contributed by atoms with Crippen LogP contribution in [0.15, 0.2) is 36.4 Å². The van der Waals surface area contributed by atoms with Crippen LogP contribution in [0.2, 0.25) is 0 Å². The van der Waals surface area contributed by atoms with Gasteiger partial charge >= 0.3 is 17.9 Å². The number of esters is 3. The van der Waals surface area contributed by atoms with Crippen molar-refractivity contribution in [2.45, 2.75) is 21.8 Å². The summed E-state index contributed by atoms with van der Waals surface area (Å²) in [5, 5.41) is -0.0949. The minimum absolute atomic E-state index is 0. The molecular weight excluding hydrogens is 312 g/mol. The third kappa shape index (κ3) is 26.5. The quantitative estimate of drug-likeness (QED) is 0.446. The first-order chi connectivity index (χ1) is 9.17. The van der Waals surface area contributed by atoms with Gasteiger partial charge in [-0.05, 0) is 6.92 Å². The number of carbonyl (C=O) groups is 3. The molecule has 6 nitrogen and oxygen atoms in total. The van der Waals surface area contributed by atoms with E-state index in [2.05, 4.69) is 33.9 Å². The highest BCUT2D eigenvalue weighted by atomic mass is 35.5. The van der Waals surface area contributed by atoms with Crippen molar-refractivity contribution >= 4 is 29.5 Å². The number of ether oxygens (including phenoxy) is 3. The van der Waals surface area contributed by atoms with E-state index in [1.807, 2.05) is 0 Å². The van der Waals surface area contributed by atoms with Gasteiger partial charge in [0.25, 0.3) is 0 Å². The van der Waals surface area contributed by atoms with E-state index in [9.17, 15) is 14.4 Å². The zero-order valence-electron chi connectivity index (χ0n) is 12.0. The Morgan fingerprint density at radius 1 is 0.909 bits per heavy atom. The third-order valence-electron chi connectivity index (χ3n) is 1.31. The lowest BCUT2D eigenvalue weighted by molar-refractivity contribution is -0.136. The molecular formula is C15H27ClO6. The van der Waals surface area contributed by atoms with Crippen LogP contribution < -0.4 is 0 Å². The summed E-state index contributed by atoms with van der Waals surface area (Å²) in [6.07, 6.45) is 1.11. The topological polar surface area (TPSA) is 78.9 Å². The second-order valence-electron chi connectivity index (χ2n) is 2.90. The van der Waals surface area contributed by atoms with Crippen molar-refractivity contribution in [2.75, 3.05) is 21.3 Å². The minimum atomic E-state index is -0.582. The standard InChI is InChI=1S/C5H8O2.C4H5ClO2.C4H6O2.2CH4/c1-4(2)5(6)7-3;1-3(5)4(6)7-2;1-3-4(5)6-2;;/h1H2,2-3H3;1H2,2H3;3H,1H2,2H3;2*1H4. The van der Waals surface area contributed by atoms with E-state index in [0.29, 0.717) is 5.57 Å². The lowest BCUT2D eigenvalue weighted by Gasteiger charge is -1.91. The van der Waals surface area contributed by atoms with Gasteiger partial charge in [0.15, 0.2) is 0 Å². The van der Waals surface area contributed by atoms with Crippen molar-refractivity contribution in [3.63, 3.8) is 0 Å². The Labute approximate surface area is 138 Å². The van der Waals surface area contributed by atoms with Crippen LogP contribution in [-0.4, -0.2) is 39.2 Å². The summed E-state index contributed by atoms with van der Waals surface area (Å²) in [7, 11) is 3.89. The highest BCUT2D eigenvalue weighted by molar-refractivity contribution is 6.40. The molecule has 0 N–H and O–H groups in total. The van der Waals surface area contributed by atoms with Gasteiger partial charge in [0, 0.05) is 11.6 Å². The number of rotatable bonds is 3. The third-order valence-corrected chi connectivity index (χ3v) is 1.46. The van der Waals surface area contributed by atoms with Gasteiger partial charge in [-0.25, -0.2) is 14.4 Å². The average Bonchev–Trinajstić information content (AvgIpc) is 2.45. The maximum absolute atomic E-state index is 10.2. The van der Waals surface area contributed by atoms with Crippen molar-refractivity contribution < 1.29 is 28.6 Å². The van der Waals surface area contributed by atoms with E-state index in [1.54, 1.807) is 6.92 Å². The van der Waals surface area contributed by atoms with E-state index in [4.69, 9.17) is 11.6 Å². The smallest absolute Gasteiger partial charge is 0.348 e. The van der Waals surface area contributed by atoms with E-state index in [-0.39, 0.29) is 25.9 Å². The van der Waals surface area contributed by atoms with Crippen LogP contribution in [0.25, 0.3) is 0 Å². The van der Waals surface area contributed by atoms with Gasteiger partial charge in [-0.2, -0.15) is 0 Å². The van der Waals surface area contributed by atoms with Gasteiger partial charge in [0.05, 0.1) is 21.3 Å². The Morgan fingerprint density at radius 3 is 1.27 bits per heavy atom. The van der Waals surface area contributed by atoms with Crippen LogP contribution >= 0.6 is 11.6 Å². The number of methoxy groups -OCH3 is 3. The van der Waals surface area contributed by atoms with Crippen LogP contribution in [-0.2, 0) is 28.6 Å². The predicted octanol–water partition coefficient (Wildman–Crippen LogP) is 3.27. The lowest BCUT2D eigenvalue weighted by Crippen LogP contribution is -1.98. The highest BCUT2D eigenvalue weighted by Crippen LogP contribution is 1.96. The fourth-order valence-electron chi connectivity index (χ4n) is 0.368. The maximum atomic E-state index is 10.2. The predicted molar refractivity (Wildman–Crippen MR) is 89.5 cm³/mol. The highest BCUT2D eigenvalue weighted by Gasteiger charge is 1.98. The van der Waals surface area contributed by atoms with Crippen LogP contribution in [0.1, 0.15) is 21.8 Å². The van der Waals surface area contributed by atoms with Crippen LogP contribution in [0.5, 0.6) is 0 Å². The first kappa shape index (κ1) is 32.0. The normalized spacial score (nSPS) is 6.77. The van der Waals surface area contributed by atoms with E-state index >= 15 is 0 Å². The second-order valence-corrected chi connectivity index (χ2v) is 3.35. The van der Waals surface area contributed by atoms with Gasteiger partial charge in [-0.3, -0.25) is 0 Å². The minimum Gasteiger partial charge on any atom is -0.466 e. The molecule has 0 aromatic carbocycles. The number of halogens is 1. The van der Waals surface area contributed by atoms with Crippen molar-refractivity contribution in [1.82, 2.24) is 0 Å². The van der Waals surface area contributed by atoms with Crippen molar-refractivity contribution in [3.05, 3.63) is 36.4 Å². The van der Waals surface area contributed by atoms with Gasteiger partial charge in [-0.1, -0.05) is 46.2 Å². The first-order valence-electron chi connectivity index (χ1n) is 5.04. The molecule has 0 amide bonds. The molecule has 0 rings (SSSR count). The second kappa shape index (κ2) is 21.2. The molecule has 0 radical (unpaired) electrons. The molecule has 0 heterocycles. The summed E-state index contributed by atoms with van der Waals surface area (Å²) in [5.74, 6) is -1.32. The Kier molecular flexibility index (Phi) is 30.9. The summed E-state index contributed by atoms with van der Waals surface area (Å²) >= 11 is 5.06. The Hall–Kier alpha value is -2.08. The molecule has 0 unspecified atom stereocenters. The zero-order valence-corrected chi connectivity index (χ0v) is 12.8. The fourth-order valence-corrected chi connectivity index (χ4v) is 0.445. The number of hydrogen-bond donors (Lipinski definition) is 0. The molecule has 0 bridgehead atoms. The number of carbonyl (C=O) groups excluding carboxylic acids is 3. The summed E-state index contributed by atoms with van der Waals surface area (Å²) in [4.78, 5) is 30.1. The SMILES string of the molecule is C.C.C=C(C)C(=O)OC.C=C(Cl)C(=O)OC.C=CC(=O)OC. The molecule has 0 saturated heterocycles. The Morgan fingerprint density at radius 2 is 1.27 bits per heavy atom. The molecule has 130 valence electrons. The molecule has 0 fully saturated rings. The molecule has 0 atom stereocenters. The van der Waals surface area contributed by atoms with Gasteiger partial charge in [-0.15, -0.1) is 0 Å². The van der Waals surface area contributed by atoms with Crippen molar-refractivity contribution in [3.8, 4) is 0 Å². The van der Waals surface area contributed by atoms with E-state index < -0.39 is 11.9 Å². The Balaban J connectivity index is -0.0000000630. The maximum Gasteiger partial charge on any atom is 0.348 e. The molecule has 0 aromatic heterocycles. The summed E-state index contributed by atoms with van der Waals surface area (Å²) < 4.78 is 12.6. The summed E-state index contributed by atoms with van der Waals surface area (Å²) in [6.45, 7) is 11.2. The molecule has 0 aliphatic heterocycles. The zero-order chi connectivity index (χ0) is 16.7. The van der Waals surface area contributed by atoms with Crippen molar-refractivity contribution in [2.24, 2.45) is 0 Å². The lowest BCUT2D eigenvalue weighted by atomic mass is 10.4. The molecule has 0 aromatic rings. The van der Waals surface area contributed by atoms with E-state index in [1.165, 1.54) is 21.3 Å². The van der Waals surface area contributed by atoms with Crippen LogP contribution in [0.4, 0.5) is 0 Å². The molecule has 0 spiro atoms. The Bertz CT molecular complexity index is 348. The average molecular weight is 339 g/mol. The largest absolute Gasteiger partial charge is 0.466 e. The van der Waals surface area contributed by atoms with Gasteiger partial charge in [0.1, 0.15) is 5.03 Å². The van der Waals surface area contributed by atoms with Gasteiger partial charge < -0.3 is 14.2 Å². The van der Waals surface area contributed by atoms with Gasteiger partial charge in [0.2, 0.25) is 0 Å². The first-order valence-corrected chi connectivity index (χ1v) is 5.42. The summed E-state index contributed by atoms with van der Waals surface area (Å²) in [5.41, 5.74) is 0.433. The molecule has 0 aliphatic rings. The molecule has 0 aliphatic carbocycles. The van der Waals surface area contributed by atoms with Crippen molar-refractivity contribution in [1.29, 1.82) is 0 Å². The molecule has 7 heteroatoms. The summed E-state index contributed by atoms with van der Waals surface area (Å²) in [6, 6.07) is 0. The van der Waals surface area contributed by atoms with Crippen LogP contribution in [0.3, 0.4) is 0 Å². The molecule has 0 saturated carbocycles. The van der Waals surface area contributed by atoms with Crippen LogP contribution in [0, 0.1) is 0 Å². The number of hydrogen-bond acceptors (Lipinski definition) is 6. The monoisotopic (exact) mass is 338 g/mol. The van der Waals surface area contributed by atoms with E-state index in [0.717, 1.165) is 6.08 Å².